The van der Waals surface area contributed by atoms with Crippen LogP contribution in [0.4, 0.5) is 5.69 Å². The van der Waals surface area contributed by atoms with Crippen LogP contribution in [0.25, 0.3) is 0 Å². The van der Waals surface area contributed by atoms with Crippen LogP contribution in [0.1, 0.15) is 11.1 Å². The molecule has 0 atom stereocenters. The van der Waals surface area contributed by atoms with Gasteiger partial charge in [0.15, 0.2) is 5.75 Å². The summed E-state index contributed by atoms with van der Waals surface area (Å²) >= 11 is 0. The van der Waals surface area contributed by atoms with Crippen molar-refractivity contribution in [1.29, 1.82) is 0 Å². The highest BCUT2D eigenvalue weighted by atomic mass is 16.6. The molecule has 1 N–H and O–H groups in total. The second kappa shape index (κ2) is 9.33. The van der Waals surface area contributed by atoms with Gasteiger partial charge in [-0.3, -0.25) is 19.7 Å². The van der Waals surface area contributed by atoms with Gasteiger partial charge in [-0.05, 0) is 35.7 Å². The summed E-state index contributed by atoms with van der Waals surface area (Å²) in [7, 11) is 2.90. The summed E-state index contributed by atoms with van der Waals surface area (Å²) < 4.78 is 9.98. The van der Waals surface area contributed by atoms with Crippen LogP contribution in [0.15, 0.2) is 42.5 Å². The molecule has 0 saturated carbocycles. The van der Waals surface area contributed by atoms with E-state index in [1.54, 1.807) is 7.11 Å². The maximum Gasteiger partial charge on any atom is 0.311 e. The van der Waals surface area contributed by atoms with E-state index in [9.17, 15) is 19.7 Å². The molecule has 0 saturated heterocycles. The maximum atomic E-state index is 12.0. The number of ketones is 1. The number of carbonyl (C=O) groups excluding carboxylic acids is 2. The lowest BCUT2D eigenvalue weighted by Crippen LogP contribution is -2.33. The molecule has 0 aliphatic rings. The lowest BCUT2D eigenvalue weighted by molar-refractivity contribution is -0.385. The molecule has 0 aliphatic heterocycles. The van der Waals surface area contributed by atoms with Gasteiger partial charge in [-0.25, -0.2) is 0 Å². The van der Waals surface area contributed by atoms with Crippen molar-refractivity contribution >= 4 is 17.4 Å². The van der Waals surface area contributed by atoms with E-state index in [4.69, 9.17) is 9.47 Å². The Bertz CT molecular complexity index is 833. The molecule has 8 nitrogen and oxygen atoms in total. The number of carbonyl (C=O) groups is 2. The molecule has 27 heavy (non-hydrogen) atoms. The van der Waals surface area contributed by atoms with Gasteiger partial charge in [0.1, 0.15) is 5.75 Å². The van der Waals surface area contributed by atoms with E-state index in [2.05, 4.69) is 5.32 Å². The largest absolute Gasteiger partial charge is 0.497 e. The highest BCUT2D eigenvalue weighted by molar-refractivity contribution is 6.36. The first kappa shape index (κ1) is 19.9. The van der Waals surface area contributed by atoms with E-state index in [0.717, 1.165) is 11.3 Å². The number of nitro benzene ring substituents is 1. The third kappa shape index (κ3) is 5.53. The van der Waals surface area contributed by atoms with Crippen LogP contribution >= 0.6 is 0 Å². The summed E-state index contributed by atoms with van der Waals surface area (Å²) in [5.74, 6) is -0.544. The van der Waals surface area contributed by atoms with Gasteiger partial charge in [-0.2, -0.15) is 0 Å². The average molecular weight is 372 g/mol. The van der Waals surface area contributed by atoms with Crippen LogP contribution in [-0.4, -0.2) is 37.4 Å². The summed E-state index contributed by atoms with van der Waals surface area (Å²) in [5, 5.41) is 13.6. The zero-order valence-corrected chi connectivity index (χ0v) is 15.1. The van der Waals surface area contributed by atoms with Crippen LogP contribution in [0, 0.1) is 10.1 Å². The summed E-state index contributed by atoms with van der Waals surface area (Å²) in [4.78, 5) is 34.4. The monoisotopic (exact) mass is 372 g/mol. The number of nitrogens with one attached hydrogen (secondary N) is 1. The molecule has 0 radical (unpaired) electrons. The van der Waals surface area contributed by atoms with Gasteiger partial charge >= 0.3 is 5.69 Å². The van der Waals surface area contributed by atoms with E-state index < -0.39 is 16.6 Å². The highest BCUT2D eigenvalue weighted by Crippen LogP contribution is 2.27. The minimum Gasteiger partial charge on any atom is -0.497 e. The molecule has 142 valence electrons. The molecule has 0 spiro atoms. The topological polar surface area (TPSA) is 108 Å². The van der Waals surface area contributed by atoms with Gasteiger partial charge < -0.3 is 14.8 Å². The number of nitrogens with zero attached hydrogens (tertiary/aromatic N) is 1. The van der Waals surface area contributed by atoms with Gasteiger partial charge in [-0.1, -0.05) is 18.2 Å². The maximum absolute atomic E-state index is 12.0. The zero-order chi connectivity index (χ0) is 19.8. The Balaban J connectivity index is 1.88. The van der Waals surface area contributed by atoms with Gasteiger partial charge in [0.2, 0.25) is 5.78 Å². The second-order valence-corrected chi connectivity index (χ2v) is 5.72. The van der Waals surface area contributed by atoms with E-state index in [1.165, 1.54) is 25.3 Å². The normalized spacial score (nSPS) is 10.1. The number of rotatable bonds is 9. The summed E-state index contributed by atoms with van der Waals surface area (Å²) in [6.07, 6.45) is 0.343. The van der Waals surface area contributed by atoms with Gasteiger partial charge in [0.25, 0.3) is 5.91 Å². The van der Waals surface area contributed by atoms with Crippen molar-refractivity contribution in [3.8, 4) is 11.5 Å². The molecule has 0 fully saturated rings. The minimum absolute atomic E-state index is 0.0974. The van der Waals surface area contributed by atoms with E-state index in [1.807, 2.05) is 24.3 Å². The van der Waals surface area contributed by atoms with Crippen molar-refractivity contribution in [1.82, 2.24) is 5.32 Å². The first-order valence-electron chi connectivity index (χ1n) is 8.20. The molecular formula is C19H20N2O6. The predicted octanol–water partition coefficient (Wildman–Crippen LogP) is 2.08. The SMILES string of the molecule is COc1ccc(CCNC(=O)C(=O)Cc2ccc(OC)c([N+](=O)[O-])c2)cc1. The number of benzene rings is 2. The molecule has 8 heteroatoms. The first-order valence-corrected chi connectivity index (χ1v) is 8.20. The summed E-state index contributed by atoms with van der Waals surface area (Å²) in [6.45, 7) is 0.305. The fourth-order valence-electron chi connectivity index (χ4n) is 2.47. The number of hydrogen-bond donors (Lipinski definition) is 1. The Morgan fingerprint density at radius 1 is 1.04 bits per heavy atom. The van der Waals surface area contributed by atoms with Crippen LogP contribution in [0.3, 0.4) is 0 Å². The number of hydrogen-bond acceptors (Lipinski definition) is 6. The van der Waals surface area contributed by atoms with E-state index >= 15 is 0 Å². The van der Waals surface area contributed by atoms with Crippen LogP contribution in [0.2, 0.25) is 0 Å². The Kier molecular flexibility index (Phi) is 6.87. The quantitative estimate of drug-likeness (QED) is 0.410. The standard InChI is InChI=1S/C19H20N2O6/c1-26-15-6-3-13(4-7-15)9-10-20-19(23)17(22)12-14-5-8-18(27-2)16(11-14)21(24)25/h3-8,11H,9-10,12H2,1-2H3,(H,20,23). The molecule has 0 unspecified atom stereocenters. The molecule has 2 aromatic carbocycles. The second-order valence-electron chi connectivity index (χ2n) is 5.72. The fraction of sp³-hybridized carbons (Fsp3) is 0.263. The molecule has 2 aromatic rings. The Morgan fingerprint density at radius 2 is 1.70 bits per heavy atom. The summed E-state index contributed by atoms with van der Waals surface area (Å²) in [6, 6.07) is 11.6. The Hall–Kier alpha value is -3.42. The third-order valence-electron chi connectivity index (χ3n) is 3.92. The van der Waals surface area contributed by atoms with Crippen LogP contribution < -0.4 is 14.8 Å². The predicted molar refractivity (Wildman–Crippen MR) is 98.1 cm³/mol. The van der Waals surface area contributed by atoms with Crippen molar-refractivity contribution in [2.75, 3.05) is 20.8 Å². The van der Waals surface area contributed by atoms with E-state index in [0.29, 0.717) is 18.5 Å². The van der Waals surface area contributed by atoms with Gasteiger partial charge in [-0.15, -0.1) is 0 Å². The van der Waals surface area contributed by atoms with Crippen molar-refractivity contribution < 1.29 is 24.0 Å². The smallest absolute Gasteiger partial charge is 0.311 e. The molecule has 2 rings (SSSR count). The van der Waals surface area contributed by atoms with Crippen LogP contribution in [0.5, 0.6) is 11.5 Å². The fourth-order valence-corrected chi connectivity index (χ4v) is 2.47. The third-order valence-corrected chi connectivity index (χ3v) is 3.92. The lowest BCUT2D eigenvalue weighted by Gasteiger charge is -2.07. The molecule has 0 heterocycles. The van der Waals surface area contributed by atoms with Gasteiger partial charge in [0.05, 0.1) is 19.1 Å². The van der Waals surface area contributed by atoms with E-state index in [-0.39, 0.29) is 17.9 Å². The molecule has 1 amide bonds. The van der Waals surface area contributed by atoms with Gasteiger partial charge in [0, 0.05) is 19.0 Å². The van der Waals surface area contributed by atoms with Crippen molar-refractivity contribution in [3.63, 3.8) is 0 Å². The number of methoxy groups -OCH3 is 2. The Labute approximate surface area is 156 Å². The average Bonchev–Trinajstić information content (AvgIpc) is 2.68. The van der Waals surface area contributed by atoms with Crippen molar-refractivity contribution in [3.05, 3.63) is 63.7 Å². The molecule has 0 aromatic heterocycles. The number of nitro groups is 1. The first-order chi connectivity index (χ1) is 12.9. The minimum atomic E-state index is -0.720. The number of Topliss-reactive ketones (excluding diaryl/α,β-unsaturated/α-hetero) is 1. The molecule has 0 bridgehead atoms. The molecule has 0 aliphatic carbocycles. The Morgan fingerprint density at radius 3 is 2.30 bits per heavy atom. The molecular weight excluding hydrogens is 352 g/mol. The number of amides is 1. The van der Waals surface area contributed by atoms with Crippen molar-refractivity contribution in [2.45, 2.75) is 12.8 Å². The lowest BCUT2D eigenvalue weighted by atomic mass is 10.1. The highest BCUT2D eigenvalue weighted by Gasteiger charge is 2.19. The van der Waals surface area contributed by atoms with Crippen molar-refractivity contribution in [2.24, 2.45) is 0 Å². The zero-order valence-electron chi connectivity index (χ0n) is 15.1. The summed E-state index contributed by atoms with van der Waals surface area (Å²) in [5.41, 5.74) is 1.12. The number of ether oxygens (including phenoxy) is 2. The van der Waals surface area contributed by atoms with Crippen LogP contribution in [-0.2, 0) is 22.4 Å².